The van der Waals surface area contributed by atoms with E-state index < -0.39 is 0 Å². The molecule has 2 aromatic rings. The summed E-state index contributed by atoms with van der Waals surface area (Å²) in [5.74, 6) is -0.0483. The smallest absolute Gasteiger partial charge is 0.320 e. The molecule has 3 amide bonds. The number of benzene rings is 1. The number of imidazole rings is 1. The zero-order chi connectivity index (χ0) is 21.1. The lowest BCUT2D eigenvalue weighted by Crippen LogP contribution is -2.51. The van der Waals surface area contributed by atoms with Crippen LogP contribution >= 0.6 is 0 Å². The molecule has 1 N–H and O–H groups in total. The molecule has 30 heavy (non-hydrogen) atoms. The van der Waals surface area contributed by atoms with Crippen molar-refractivity contribution in [2.75, 3.05) is 44.7 Å². The zero-order valence-corrected chi connectivity index (χ0v) is 17.6. The number of piperidine rings is 1. The number of aryl methyl sites for hydroxylation is 1. The van der Waals surface area contributed by atoms with Gasteiger partial charge in [0.05, 0.1) is 25.2 Å². The van der Waals surface area contributed by atoms with Crippen molar-refractivity contribution in [3.8, 4) is 5.69 Å². The van der Waals surface area contributed by atoms with Crippen molar-refractivity contribution < 1.29 is 14.3 Å². The number of ether oxygens (including phenoxy) is 1. The molecule has 2 aliphatic heterocycles. The quantitative estimate of drug-likeness (QED) is 0.842. The summed E-state index contributed by atoms with van der Waals surface area (Å²) in [6.07, 6.45) is 3.19. The Bertz CT molecular complexity index is 894. The van der Waals surface area contributed by atoms with E-state index in [-0.39, 0.29) is 17.9 Å². The molecule has 0 aliphatic carbocycles. The van der Waals surface area contributed by atoms with E-state index in [1.807, 2.05) is 58.8 Å². The fourth-order valence-corrected chi connectivity index (χ4v) is 4.00. The first-order chi connectivity index (χ1) is 14.5. The van der Waals surface area contributed by atoms with Gasteiger partial charge >= 0.3 is 6.03 Å². The highest BCUT2D eigenvalue weighted by Crippen LogP contribution is 2.22. The third kappa shape index (κ3) is 4.33. The van der Waals surface area contributed by atoms with E-state index in [0.29, 0.717) is 52.2 Å². The van der Waals surface area contributed by atoms with E-state index in [1.54, 1.807) is 0 Å². The van der Waals surface area contributed by atoms with Gasteiger partial charge in [-0.15, -0.1) is 0 Å². The van der Waals surface area contributed by atoms with Crippen molar-refractivity contribution >= 4 is 17.6 Å². The molecule has 0 radical (unpaired) electrons. The number of hydrogen-bond donors (Lipinski definition) is 1. The second-order valence-electron chi connectivity index (χ2n) is 7.96. The summed E-state index contributed by atoms with van der Waals surface area (Å²) >= 11 is 0. The molecule has 2 saturated heterocycles. The summed E-state index contributed by atoms with van der Waals surface area (Å²) in [5.41, 5.74) is 3.90. The first-order valence-corrected chi connectivity index (χ1v) is 10.6. The van der Waals surface area contributed by atoms with Crippen LogP contribution < -0.4 is 5.32 Å². The van der Waals surface area contributed by atoms with E-state index in [4.69, 9.17) is 4.74 Å². The number of aromatic nitrogens is 2. The Balaban J connectivity index is 1.29. The fourth-order valence-electron chi connectivity index (χ4n) is 4.00. The van der Waals surface area contributed by atoms with E-state index >= 15 is 0 Å². The normalized spacial score (nSPS) is 17.8. The molecular weight excluding hydrogens is 382 g/mol. The van der Waals surface area contributed by atoms with Crippen molar-refractivity contribution in [1.29, 1.82) is 0 Å². The van der Waals surface area contributed by atoms with E-state index in [0.717, 1.165) is 22.8 Å². The molecule has 2 fully saturated rings. The van der Waals surface area contributed by atoms with Crippen molar-refractivity contribution in [3.63, 3.8) is 0 Å². The van der Waals surface area contributed by atoms with Crippen LogP contribution in [-0.2, 0) is 9.53 Å². The van der Waals surface area contributed by atoms with E-state index in [1.165, 1.54) is 0 Å². The van der Waals surface area contributed by atoms with Gasteiger partial charge in [-0.1, -0.05) is 0 Å². The molecule has 4 rings (SSSR count). The highest BCUT2D eigenvalue weighted by molar-refractivity contribution is 5.92. The Morgan fingerprint density at radius 1 is 1.00 bits per heavy atom. The maximum Gasteiger partial charge on any atom is 0.320 e. The van der Waals surface area contributed by atoms with Crippen LogP contribution in [0.3, 0.4) is 0 Å². The zero-order valence-electron chi connectivity index (χ0n) is 17.6. The summed E-state index contributed by atoms with van der Waals surface area (Å²) in [6.45, 7) is 7.75. The molecule has 8 heteroatoms. The Kier molecular flexibility index (Phi) is 6.03. The van der Waals surface area contributed by atoms with Crippen LogP contribution in [0, 0.1) is 19.8 Å². The molecule has 0 bridgehead atoms. The predicted molar refractivity (Wildman–Crippen MR) is 114 cm³/mol. The number of morpholine rings is 1. The SMILES string of the molecule is Cc1ncn(-c2ccc(NC(=O)C3CCN(C(=O)N4CCOCC4)CC3)cc2)c1C. The number of carbonyl (C=O) groups is 2. The van der Waals surface area contributed by atoms with Crippen molar-refractivity contribution in [1.82, 2.24) is 19.4 Å². The minimum atomic E-state index is -0.0723. The van der Waals surface area contributed by atoms with Gasteiger partial charge in [0.15, 0.2) is 0 Å². The van der Waals surface area contributed by atoms with Gasteiger partial charge in [0.1, 0.15) is 0 Å². The monoisotopic (exact) mass is 411 g/mol. The standard InChI is InChI=1S/C22H29N5O3/c1-16-17(2)27(15-23-16)20-5-3-19(4-6-20)24-21(28)18-7-9-25(10-8-18)22(29)26-11-13-30-14-12-26/h3-6,15,18H,7-14H2,1-2H3,(H,24,28). The maximum absolute atomic E-state index is 12.7. The van der Waals surface area contributed by atoms with Crippen LogP contribution in [0.1, 0.15) is 24.2 Å². The van der Waals surface area contributed by atoms with Gasteiger partial charge < -0.3 is 24.4 Å². The minimum absolute atomic E-state index is 0.0240. The Morgan fingerprint density at radius 3 is 2.23 bits per heavy atom. The van der Waals surface area contributed by atoms with Crippen LogP contribution in [0.5, 0.6) is 0 Å². The molecule has 3 heterocycles. The lowest BCUT2D eigenvalue weighted by atomic mass is 9.96. The van der Waals surface area contributed by atoms with Crippen LogP contribution in [0.15, 0.2) is 30.6 Å². The van der Waals surface area contributed by atoms with E-state index in [9.17, 15) is 9.59 Å². The highest BCUT2D eigenvalue weighted by atomic mass is 16.5. The maximum atomic E-state index is 12.7. The molecule has 2 aliphatic rings. The number of anilines is 1. The predicted octanol–water partition coefficient (Wildman–Crippen LogP) is 2.59. The Labute approximate surface area is 176 Å². The average Bonchev–Trinajstić information content (AvgIpc) is 3.13. The summed E-state index contributed by atoms with van der Waals surface area (Å²) in [5, 5.41) is 3.02. The second-order valence-corrected chi connectivity index (χ2v) is 7.96. The first-order valence-electron chi connectivity index (χ1n) is 10.6. The van der Waals surface area contributed by atoms with Gasteiger partial charge in [-0.25, -0.2) is 9.78 Å². The van der Waals surface area contributed by atoms with E-state index in [2.05, 4.69) is 10.3 Å². The second kappa shape index (κ2) is 8.87. The van der Waals surface area contributed by atoms with Crippen LogP contribution in [0.4, 0.5) is 10.5 Å². The number of rotatable bonds is 3. The van der Waals surface area contributed by atoms with Crippen molar-refractivity contribution in [2.45, 2.75) is 26.7 Å². The molecule has 0 spiro atoms. The van der Waals surface area contributed by atoms with Gasteiger partial charge in [0, 0.05) is 49.2 Å². The largest absolute Gasteiger partial charge is 0.378 e. The molecular formula is C22H29N5O3. The van der Waals surface area contributed by atoms with Gasteiger partial charge in [0.2, 0.25) is 5.91 Å². The van der Waals surface area contributed by atoms with Gasteiger partial charge in [-0.2, -0.15) is 0 Å². The van der Waals surface area contributed by atoms with Gasteiger partial charge in [-0.05, 0) is 51.0 Å². The minimum Gasteiger partial charge on any atom is -0.378 e. The average molecular weight is 412 g/mol. The first kappa shape index (κ1) is 20.4. The van der Waals surface area contributed by atoms with Crippen LogP contribution in [0.25, 0.3) is 5.69 Å². The number of amides is 3. The molecule has 160 valence electrons. The van der Waals surface area contributed by atoms with Crippen LogP contribution in [-0.4, -0.2) is 70.7 Å². The summed E-state index contributed by atoms with van der Waals surface area (Å²) in [7, 11) is 0. The Hall–Kier alpha value is -2.87. The molecule has 0 atom stereocenters. The van der Waals surface area contributed by atoms with Gasteiger partial charge in [0.25, 0.3) is 0 Å². The summed E-state index contributed by atoms with van der Waals surface area (Å²) in [6, 6.07) is 7.86. The molecule has 8 nitrogen and oxygen atoms in total. The lowest BCUT2D eigenvalue weighted by Gasteiger charge is -2.36. The number of likely N-dealkylation sites (tertiary alicyclic amines) is 1. The Morgan fingerprint density at radius 2 is 1.63 bits per heavy atom. The number of urea groups is 1. The number of carbonyl (C=O) groups excluding carboxylic acids is 2. The van der Waals surface area contributed by atoms with Crippen molar-refractivity contribution in [3.05, 3.63) is 42.0 Å². The molecule has 0 unspecified atom stereocenters. The third-order valence-electron chi connectivity index (χ3n) is 6.08. The topological polar surface area (TPSA) is 79.7 Å². The highest BCUT2D eigenvalue weighted by Gasteiger charge is 2.30. The van der Waals surface area contributed by atoms with Gasteiger partial charge in [-0.3, -0.25) is 4.79 Å². The van der Waals surface area contributed by atoms with Crippen LogP contribution in [0.2, 0.25) is 0 Å². The summed E-state index contributed by atoms with van der Waals surface area (Å²) < 4.78 is 7.34. The summed E-state index contributed by atoms with van der Waals surface area (Å²) in [4.78, 5) is 33.3. The fraction of sp³-hybridized carbons (Fsp3) is 0.500. The lowest BCUT2D eigenvalue weighted by molar-refractivity contribution is -0.121. The molecule has 1 aromatic heterocycles. The number of nitrogens with one attached hydrogen (secondary N) is 1. The molecule has 1 aromatic carbocycles. The number of hydrogen-bond acceptors (Lipinski definition) is 4. The van der Waals surface area contributed by atoms with Crippen molar-refractivity contribution in [2.24, 2.45) is 5.92 Å². The number of nitrogens with zero attached hydrogens (tertiary/aromatic N) is 4. The molecule has 0 saturated carbocycles. The third-order valence-corrected chi connectivity index (χ3v) is 6.08.